The van der Waals surface area contributed by atoms with Crippen molar-refractivity contribution in [2.45, 2.75) is 39.3 Å². The van der Waals surface area contributed by atoms with Gasteiger partial charge in [0, 0.05) is 38.8 Å². The van der Waals surface area contributed by atoms with Crippen molar-refractivity contribution >= 4 is 34.7 Å². The van der Waals surface area contributed by atoms with E-state index in [-0.39, 0.29) is 32.6 Å². The van der Waals surface area contributed by atoms with Gasteiger partial charge >= 0.3 is 17.6 Å². The van der Waals surface area contributed by atoms with Gasteiger partial charge in [0.25, 0.3) is 11.5 Å². The third kappa shape index (κ3) is 6.10. The average molecular weight is 529 g/mol. The SMILES string of the molecule is CCOC(=O)CC[C@@H](NC(=O)c1ccc(NCc2nc3c(c(=O)n(C)c(=O)n3C)n2C)cc1)C(=O)OCC. The molecule has 13 heteroatoms. The molecule has 0 aliphatic carbocycles. The van der Waals surface area contributed by atoms with Gasteiger partial charge in [-0.2, -0.15) is 0 Å². The van der Waals surface area contributed by atoms with Crippen LogP contribution in [-0.2, 0) is 46.8 Å². The van der Waals surface area contributed by atoms with E-state index in [1.807, 2.05) is 0 Å². The number of aromatic nitrogens is 4. The zero-order valence-corrected chi connectivity index (χ0v) is 22.1. The van der Waals surface area contributed by atoms with Gasteiger partial charge in [0.1, 0.15) is 11.9 Å². The number of rotatable bonds is 11. The summed E-state index contributed by atoms with van der Waals surface area (Å²) in [5, 5.41) is 5.80. The maximum Gasteiger partial charge on any atom is 0.332 e. The molecule has 3 rings (SSSR count). The summed E-state index contributed by atoms with van der Waals surface area (Å²) in [5.74, 6) is -1.04. The quantitative estimate of drug-likeness (QED) is 0.340. The monoisotopic (exact) mass is 528 g/mol. The molecule has 0 fully saturated rings. The highest BCUT2D eigenvalue weighted by molar-refractivity contribution is 5.97. The smallest absolute Gasteiger partial charge is 0.332 e. The van der Waals surface area contributed by atoms with Crippen molar-refractivity contribution in [3.63, 3.8) is 0 Å². The van der Waals surface area contributed by atoms with Crippen molar-refractivity contribution in [1.82, 2.24) is 24.0 Å². The van der Waals surface area contributed by atoms with Gasteiger partial charge in [0.05, 0.1) is 19.8 Å². The van der Waals surface area contributed by atoms with E-state index in [1.165, 1.54) is 11.6 Å². The number of fused-ring (bicyclic) bond motifs is 1. The average Bonchev–Trinajstić information content (AvgIpc) is 3.23. The first-order valence-corrected chi connectivity index (χ1v) is 12.2. The van der Waals surface area contributed by atoms with Crippen molar-refractivity contribution in [2.75, 3.05) is 18.5 Å². The van der Waals surface area contributed by atoms with Gasteiger partial charge in [-0.15, -0.1) is 0 Å². The molecule has 1 amide bonds. The van der Waals surface area contributed by atoms with E-state index in [2.05, 4.69) is 15.6 Å². The molecular formula is C25H32N6O7. The Morgan fingerprint density at radius 3 is 2.24 bits per heavy atom. The van der Waals surface area contributed by atoms with Gasteiger partial charge in [0.15, 0.2) is 11.2 Å². The fourth-order valence-corrected chi connectivity index (χ4v) is 3.87. The molecule has 3 aromatic rings. The van der Waals surface area contributed by atoms with Crippen molar-refractivity contribution in [3.8, 4) is 0 Å². The highest BCUT2D eigenvalue weighted by atomic mass is 16.5. The van der Waals surface area contributed by atoms with E-state index < -0.39 is 35.1 Å². The minimum absolute atomic E-state index is 0.0388. The van der Waals surface area contributed by atoms with Crippen LogP contribution in [0.4, 0.5) is 5.69 Å². The van der Waals surface area contributed by atoms with Gasteiger partial charge in [-0.05, 0) is 44.5 Å². The molecule has 0 unspecified atom stereocenters. The van der Waals surface area contributed by atoms with E-state index in [9.17, 15) is 24.0 Å². The van der Waals surface area contributed by atoms with Gasteiger partial charge in [-0.3, -0.25) is 23.5 Å². The largest absolute Gasteiger partial charge is 0.466 e. The molecule has 0 saturated carbocycles. The third-order valence-corrected chi connectivity index (χ3v) is 5.98. The highest BCUT2D eigenvalue weighted by Gasteiger charge is 2.24. The molecular weight excluding hydrogens is 496 g/mol. The molecule has 0 radical (unpaired) electrons. The van der Waals surface area contributed by atoms with E-state index in [1.54, 1.807) is 56.8 Å². The van der Waals surface area contributed by atoms with Crippen LogP contribution in [0.3, 0.4) is 0 Å². The lowest BCUT2D eigenvalue weighted by molar-refractivity contribution is -0.146. The van der Waals surface area contributed by atoms with Crippen LogP contribution in [0.1, 0.15) is 42.9 Å². The topological polar surface area (TPSA) is 156 Å². The molecule has 38 heavy (non-hydrogen) atoms. The summed E-state index contributed by atoms with van der Waals surface area (Å²) >= 11 is 0. The Morgan fingerprint density at radius 1 is 0.947 bits per heavy atom. The lowest BCUT2D eigenvalue weighted by atomic mass is 10.1. The molecule has 0 saturated heterocycles. The van der Waals surface area contributed by atoms with Gasteiger partial charge in [-0.25, -0.2) is 14.6 Å². The Bertz CT molecular complexity index is 1450. The van der Waals surface area contributed by atoms with E-state index in [4.69, 9.17) is 9.47 Å². The summed E-state index contributed by atoms with van der Waals surface area (Å²) < 4.78 is 13.9. The minimum Gasteiger partial charge on any atom is -0.466 e. The van der Waals surface area contributed by atoms with Crippen LogP contribution in [0.5, 0.6) is 0 Å². The number of hydrogen-bond acceptors (Lipinski definition) is 9. The Balaban J connectivity index is 1.69. The number of benzene rings is 1. The normalized spacial score (nSPS) is 11.7. The summed E-state index contributed by atoms with van der Waals surface area (Å²) in [4.78, 5) is 65.9. The van der Waals surface area contributed by atoms with Crippen molar-refractivity contribution in [3.05, 3.63) is 56.5 Å². The van der Waals surface area contributed by atoms with Crippen molar-refractivity contribution in [1.29, 1.82) is 0 Å². The second-order valence-corrected chi connectivity index (χ2v) is 8.52. The number of anilines is 1. The third-order valence-electron chi connectivity index (χ3n) is 5.98. The number of ether oxygens (including phenoxy) is 2. The molecule has 2 heterocycles. The predicted octanol–water partition coefficient (Wildman–Crippen LogP) is 0.588. The summed E-state index contributed by atoms with van der Waals surface area (Å²) in [5.41, 5.74) is 0.714. The maximum absolute atomic E-state index is 12.8. The van der Waals surface area contributed by atoms with Gasteiger partial charge < -0.3 is 24.7 Å². The molecule has 1 aromatic carbocycles. The standard InChI is InChI=1S/C25H32N6O7/c1-6-37-19(32)13-12-17(24(35)38-7-2)27-22(33)15-8-10-16(11-9-15)26-14-18-28-21-20(29(18)3)23(34)31(5)25(36)30(21)4/h8-11,17,26H,6-7,12-14H2,1-5H3,(H,27,33)/t17-/m1/s1. The second-order valence-electron chi connectivity index (χ2n) is 8.52. The van der Waals surface area contributed by atoms with Crippen LogP contribution >= 0.6 is 0 Å². The van der Waals surface area contributed by atoms with E-state index in [0.717, 1.165) is 4.57 Å². The molecule has 204 valence electrons. The van der Waals surface area contributed by atoms with Crippen LogP contribution in [0, 0.1) is 0 Å². The molecule has 0 bridgehead atoms. The summed E-state index contributed by atoms with van der Waals surface area (Å²) in [7, 11) is 4.68. The first kappa shape index (κ1) is 28.2. The fourth-order valence-electron chi connectivity index (χ4n) is 3.87. The first-order valence-electron chi connectivity index (χ1n) is 12.2. The lowest BCUT2D eigenvalue weighted by Crippen LogP contribution is -2.42. The summed E-state index contributed by atoms with van der Waals surface area (Å²) in [6.45, 7) is 3.96. The lowest BCUT2D eigenvalue weighted by Gasteiger charge is -2.17. The van der Waals surface area contributed by atoms with E-state index >= 15 is 0 Å². The Hall–Kier alpha value is -4.42. The van der Waals surface area contributed by atoms with Crippen LogP contribution in [-0.4, -0.2) is 55.8 Å². The zero-order valence-electron chi connectivity index (χ0n) is 22.1. The van der Waals surface area contributed by atoms with Crippen molar-refractivity contribution < 1.29 is 23.9 Å². The van der Waals surface area contributed by atoms with Crippen LogP contribution < -0.4 is 21.9 Å². The van der Waals surface area contributed by atoms with Crippen LogP contribution in [0.15, 0.2) is 33.9 Å². The molecule has 1 atom stereocenters. The maximum atomic E-state index is 12.8. The Labute approximate surface area is 218 Å². The number of carbonyl (C=O) groups is 3. The Morgan fingerprint density at radius 2 is 1.61 bits per heavy atom. The number of hydrogen-bond donors (Lipinski definition) is 2. The molecule has 0 aliphatic rings. The van der Waals surface area contributed by atoms with Crippen molar-refractivity contribution in [2.24, 2.45) is 21.1 Å². The second kappa shape index (κ2) is 12.2. The highest BCUT2D eigenvalue weighted by Crippen LogP contribution is 2.14. The summed E-state index contributed by atoms with van der Waals surface area (Å²) in [6, 6.07) is 5.54. The van der Waals surface area contributed by atoms with Crippen LogP contribution in [0.2, 0.25) is 0 Å². The zero-order chi connectivity index (χ0) is 28.0. The molecule has 2 aromatic heterocycles. The number of imidazole rings is 1. The number of aryl methyl sites for hydroxylation is 2. The Kier molecular flexibility index (Phi) is 9.05. The van der Waals surface area contributed by atoms with Gasteiger partial charge in [-0.1, -0.05) is 0 Å². The number of carbonyl (C=O) groups excluding carboxylic acids is 3. The first-order chi connectivity index (χ1) is 18.1. The molecule has 0 aliphatic heterocycles. The van der Waals surface area contributed by atoms with Crippen LogP contribution in [0.25, 0.3) is 11.2 Å². The fraction of sp³-hybridized carbons (Fsp3) is 0.440. The molecule has 0 spiro atoms. The number of nitrogens with zero attached hydrogens (tertiary/aromatic N) is 4. The number of esters is 2. The summed E-state index contributed by atoms with van der Waals surface area (Å²) in [6.07, 6.45) is 0.0126. The molecule has 2 N–H and O–H groups in total. The molecule has 13 nitrogen and oxygen atoms in total. The minimum atomic E-state index is -0.995. The van der Waals surface area contributed by atoms with Gasteiger partial charge in [0.2, 0.25) is 0 Å². The predicted molar refractivity (Wildman–Crippen MR) is 139 cm³/mol. The number of amides is 1. The van der Waals surface area contributed by atoms with E-state index in [0.29, 0.717) is 28.2 Å². The number of nitrogens with one attached hydrogen (secondary N) is 2.